The molecule has 3 aromatic rings. The van der Waals surface area contributed by atoms with E-state index in [1.165, 1.54) is 22.8 Å². The maximum Gasteiger partial charge on any atom is 0.419 e. The normalized spacial score (nSPS) is 11.0. The molecule has 0 saturated heterocycles. The van der Waals surface area contributed by atoms with E-state index in [4.69, 9.17) is 4.42 Å². The monoisotopic (exact) mass is 383 g/mol. The first-order chi connectivity index (χ1) is 13.3. The lowest BCUT2D eigenvalue weighted by atomic mass is 10.0. The summed E-state index contributed by atoms with van der Waals surface area (Å²) < 4.78 is 6.47. The molecule has 1 aromatic heterocycles. The van der Waals surface area contributed by atoms with Crippen LogP contribution in [0.1, 0.15) is 29.5 Å². The van der Waals surface area contributed by atoms with Gasteiger partial charge in [-0.2, -0.15) is 0 Å². The zero-order valence-electron chi connectivity index (χ0n) is 15.9. The van der Waals surface area contributed by atoms with Gasteiger partial charge < -0.3 is 9.73 Å². The molecule has 28 heavy (non-hydrogen) atoms. The van der Waals surface area contributed by atoms with Crippen molar-refractivity contribution >= 4 is 28.4 Å². The highest BCUT2D eigenvalue weighted by molar-refractivity contribution is 5.92. The lowest BCUT2D eigenvalue weighted by Crippen LogP contribution is -2.17. The van der Waals surface area contributed by atoms with Gasteiger partial charge in [-0.05, 0) is 44.4 Å². The van der Waals surface area contributed by atoms with Crippen LogP contribution in [-0.2, 0) is 11.3 Å². The van der Waals surface area contributed by atoms with E-state index < -0.39 is 10.7 Å². The number of hydrogen-bond acceptors (Lipinski definition) is 5. The Kier molecular flexibility index (Phi) is 5.30. The number of aromatic nitrogens is 1. The van der Waals surface area contributed by atoms with Gasteiger partial charge in [-0.3, -0.25) is 19.5 Å². The van der Waals surface area contributed by atoms with Gasteiger partial charge in [0, 0.05) is 24.7 Å². The second-order valence-corrected chi connectivity index (χ2v) is 6.85. The van der Waals surface area contributed by atoms with Crippen molar-refractivity contribution in [3.63, 3.8) is 0 Å². The topological polar surface area (TPSA) is 107 Å². The Labute approximate surface area is 160 Å². The summed E-state index contributed by atoms with van der Waals surface area (Å²) in [5, 5.41) is 13.8. The van der Waals surface area contributed by atoms with Crippen LogP contribution in [0.4, 0.5) is 11.4 Å². The number of nitrogens with zero attached hydrogens (tertiary/aromatic N) is 2. The van der Waals surface area contributed by atoms with Crippen LogP contribution in [0.25, 0.3) is 11.1 Å². The molecule has 3 rings (SSSR count). The molecule has 0 aliphatic heterocycles. The molecule has 0 radical (unpaired) electrons. The number of nitro groups is 1. The number of oxazole rings is 1. The quantitative estimate of drug-likeness (QED) is 0.514. The van der Waals surface area contributed by atoms with Gasteiger partial charge in [0.15, 0.2) is 5.58 Å². The summed E-state index contributed by atoms with van der Waals surface area (Å²) in [5.74, 6) is -0.729. The molecule has 0 spiro atoms. The zero-order chi connectivity index (χ0) is 20.4. The van der Waals surface area contributed by atoms with Crippen molar-refractivity contribution < 1.29 is 14.1 Å². The predicted molar refractivity (Wildman–Crippen MR) is 106 cm³/mol. The first-order valence-electron chi connectivity index (χ1n) is 8.91. The van der Waals surface area contributed by atoms with Gasteiger partial charge >= 0.3 is 5.76 Å². The summed E-state index contributed by atoms with van der Waals surface area (Å²) in [7, 11) is 0. The summed E-state index contributed by atoms with van der Waals surface area (Å²) in [6.45, 7) is 6.19. The molecule has 0 atom stereocenters. The number of fused-ring (bicyclic) bond motifs is 1. The highest BCUT2D eigenvalue weighted by Crippen LogP contribution is 2.23. The Morgan fingerprint density at radius 1 is 1.18 bits per heavy atom. The first kappa shape index (κ1) is 19.3. The summed E-state index contributed by atoms with van der Waals surface area (Å²) in [4.78, 5) is 34.6. The van der Waals surface area contributed by atoms with Crippen molar-refractivity contribution in [2.75, 3.05) is 5.32 Å². The number of nitro benzene ring substituents is 1. The van der Waals surface area contributed by atoms with Crippen molar-refractivity contribution in [2.45, 2.75) is 40.2 Å². The number of benzene rings is 2. The van der Waals surface area contributed by atoms with Crippen LogP contribution < -0.4 is 11.1 Å². The minimum Gasteiger partial charge on any atom is -0.407 e. The third-order valence-electron chi connectivity index (χ3n) is 4.59. The SMILES string of the molecule is Cc1cc(C)c(NC(=O)CCCn2c(=O)oc3cc([N+](=O)[O-])ccc32)c(C)c1. The first-order valence-corrected chi connectivity index (χ1v) is 8.91. The van der Waals surface area contributed by atoms with Crippen molar-refractivity contribution in [3.8, 4) is 0 Å². The van der Waals surface area contributed by atoms with Gasteiger partial charge in [0.25, 0.3) is 5.69 Å². The lowest BCUT2D eigenvalue weighted by Gasteiger charge is -2.13. The lowest BCUT2D eigenvalue weighted by molar-refractivity contribution is -0.384. The van der Waals surface area contributed by atoms with Crippen LogP contribution >= 0.6 is 0 Å². The predicted octanol–water partition coefficient (Wildman–Crippen LogP) is 3.85. The number of hydrogen-bond donors (Lipinski definition) is 1. The Bertz CT molecular complexity index is 1100. The van der Waals surface area contributed by atoms with Crippen molar-refractivity contribution in [3.05, 3.63) is 67.7 Å². The van der Waals surface area contributed by atoms with Gasteiger partial charge in [0.1, 0.15) is 0 Å². The Hall–Kier alpha value is -3.42. The summed E-state index contributed by atoms with van der Waals surface area (Å²) in [6.07, 6.45) is 0.667. The zero-order valence-corrected chi connectivity index (χ0v) is 15.9. The van der Waals surface area contributed by atoms with Gasteiger partial charge in [-0.25, -0.2) is 4.79 Å². The molecule has 0 bridgehead atoms. The maximum atomic E-state index is 12.3. The second-order valence-electron chi connectivity index (χ2n) is 6.85. The van der Waals surface area contributed by atoms with Gasteiger partial charge in [-0.1, -0.05) is 17.7 Å². The fourth-order valence-corrected chi connectivity index (χ4v) is 3.36. The molecular weight excluding hydrogens is 362 g/mol. The Morgan fingerprint density at radius 2 is 1.86 bits per heavy atom. The van der Waals surface area contributed by atoms with E-state index in [-0.39, 0.29) is 30.1 Å². The van der Waals surface area contributed by atoms with Crippen LogP contribution in [0.2, 0.25) is 0 Å². The van der Waals surface area contributed by atoms with E-state index >= 15 is 0 Å². The highest BCUT2D eigenvalue weighted by atomic mass is 16.6. The van der Waals surface area contributed by atoms with E-state index in [1.807, 2.05) is 32.9 Å². The minimum absolute atomic E-state index is 0.133. The fraction of sp³-hybridized carbons (Fsp3) is 0.300. The number of amides is 1. The molecular formula is C20H21N3O5. The number of rotatable bonds is 6. The van der Waals surface area contributed by atoms with Crippen molar-refractivity contribution in [2.24, 2.45) is 0 Å². The molecule has 0 fully saturated rings. The number of anilines is 1. The molecule has 0 aliphatic rings. The largest absolute Gasteiger partial charge is 0.419 e. The van der Waals surface area contributed by atoms with Gasteiger partial charge in [0.05, 0.1) is 16.5 Å². The standard InChI is InChI=1S/C20H21N3O5/c1-12-9-13(2)19(14(3)10-12)21-18(24)5-4-8-22-16-7-6-15(23(26)27)11-17(16)28-20(22)25/h6-7,9-11H,4-5,8H2,1-3H3,(H,21,24). The molecule has 146 valence electrons. The molecule has 1 amide bonds. The summed E-state index contributed by atoms with van der Waals surface area (Å²) >= 11 is 0. The smallest absolute Gasteiger partial charge is 0.407 e. The summed E-state index contributed by atoms with van der Waals surface area (Å²) in [6, 6.07) is 8.06. The van der Waals surface area contributed by atoms with Crippen LogP contribution in [-0.4, -0.2) is 15.4 Å². The number of nitrogens with one attached hydrogen (secondary N) is 1. The number of carbonyl (C=O) groups is 1. The average Bonchev–Trinajstić information content (AvgIpc) is 2.92. The molecule has 0 saturated carbocycles. The molecule has 2 aromatic carbocycles. The van der Waals surface area contributed by atoms with E-state index in [9.17, 15) is 19.7 Å². The average molecular weight is 383 g/mol. The fourth-order valence-electron chi connectivity index (χ4n) is 3.36. The molecule has 8 heteroatoms. The molecule has 0 aliphatic carbocycles. The maximum absolute atomic E-state index is 12.3. The van der Waals surface area contributed by atoms with E-state index in [0.717, 1.165) is 22.4 Å². The van der Waals surface area contributed by atoms with E-state index in [2.05, 4.69) is 5.32 Å². The van der Waals surface area contributed by atoms with Crippen molar-refractivity contribution in [1.29, 1.82) is 0 Å². The van der Waals surface area contributed by atoms with Gasteiger partial charge in [0.2, 0.25) is 5.91 Å². The van der Waals surface area contributed by atoms with Crippen LogP contribution in [0.5, 0.6) is 0 Å². The third kappa shape index (κ3) is 3.95. The molecule has 0 unspecified atom stereocenters. The summed E-state index contributed by atoms with van der Waals surface area (Å²) in [5.41, 5.74) is 4.45. The van der Waals surface area contributed by atoms with Crippen molar-refractivity contribution in [1.82, 2.24) is 4.57 Å². The molecule has 8 nitrogen and oxygen atoms in total. The van der Waals surface area contributed by atoms with Crippen LogP contribution in [0, 0.1) is 30.9 Å². The second kappa shape index (κ2) is 7.67. The highest BCUT2D eigenvalue weighted by Gasteiger charge is 2.14. The number of aryl methyl sites for hydroxylation is 4. The Balaban J connectivity index is 1.67. The third-order valence-corrected chi connectivity index (χ3v) is 4.59. The molecule has 1 heterocycles. The number of carbonyl (C=O) groups excluding carboxylic acids is 1. The van der Waals surface area contributed by atoms with E-state index in [1.54, 1.807) is 0 Å². The Morgan fingerprint density at radius 3 is 2.50 bits per heavy atom. The minimum atomic E-state index is -0.596. The number of non-ortho nitro benzene ring substituents is 1. The van der Waals surface area contributed by atoms with E-state index in [0.29, 0.717) is 11.9 Å². The van der Waals surface area contributed by atoms with Crippen LogP contribution in [0.3, 0.4) is 0 Å². The van der Waals surface area contributed by atoms with Crippen LogP contribution in [0.15, 0.2) is 39.5 Å². The van der Waals surface area contributed by atoms with Gasteiger partial charge in [-0.15, -0.1) is 0 Å². The molecule has 1 N–H and O–H groups in total.